The Bertz CT molecular complexity index is 1960. The molecular weight excluding hydrogens is 875 g/mol. The fraction of sp³-hybridized carbons (Fsp3) is 0.524. The van der Waals surface area contributed by atoms with Gasteiger partial charge in [-0.1, -0.05) is 173 Å². The van der Waals surface area contributed by atoms with Crippen molar-refractivity contribution in [2.45, 2.75) is 214 Å². The molecule has 0 amide bonds. The van der Waals surface area contributed by atoms with E-state index in [1.165, 1.54) is 143 Å². The van der Waals surface area contributed by atoms with Crippen LogP contribution in [0.1, 0.15) is 222 Å². The van der Waals surface area contributed by atoms with Crippen molar-refractivity contribution < 1.29 is 27.5 Å². The predicted octanol–water partition coefficient (Wildman–Crippen LogP) is 19.7. The Morgan fingerprint density at radius 1 is 0.412 bits per heavy atom. The summed E-state index contributed by atoms with van der Waals surface area (Å²) in [5.41, 5.74) is 24.3. The normalized spacial score (nSPS) is 12.7. The Labute approximate surface area is 422 Å². The first kappa shape index (κ1) is 56.7. The van der Waals surface area contributed by atoms with Crippen LogP contribution in [0.4, 0.5) is 0 Å². The van der Waals surface area contributed by atoms with Gasteiger partial charge in [-0.05, 0) is 100.0 Å². The molecule has 0 aromatic heterocycles. The van der Waals surface area contributed by atoms with Crippen LogP contribution in [0, 0.1) is 0 Å². The summed E-state index contributed by atoms with van der Waals surface area (Å²) in [5.74, 6) is 0. The molecule has 4 nitrogen and oxygen atoms in total. The molecule has 4 aromatic carbocycles. The summed E-state index contributed by atoms with van der Waals surface area (Å²) in [4.78, 5) is 0. The topological polar surface area (TPSA) is 43.8 Å². The van der Waals surface area contributed by atoms with E-state index < -0.39 is 0 Å². The molecule has 0 saturated carbocycles. The van der Waals surface area contributed by atoms with Crippen LogP contribution in [0.5, 0.6) is 0 Å². The number of hydrogen-bond acceptors (Lipinski definition) is 2. The minimum atomic E-state index is 0.565. The third kappa shape index (κ3) is 22.2. The maximum atomic E-state index is 12.1. The van der Waals surface area contributed by atoms with Gasteiger partial charge in [0.25, 0.3) is 0 Å². The van der Waals surface area contributed by atoms with Crippen molar-refractivity contribution in [2.75, 3.05) is 0 Å². The fourth-order valence-electron chi connectivity index (χ4n) is 9.09. The summed E-state index contributed by atoms with van der Waals surface area (Å²) < 4.78 is 12.3. The molecule has 0 aliphatic carbocycles. The summed E-state index contributed by atoms with van der Waals surface area (Å²) in [7, 11) is 0. The molecule has 0 unspecified atom stereocenters. The summed E-state index contributed by atoms with van der Waals surface area (Å²) in [5, 5.41) is 0. The molecular formula is C63H90N2NiO2. The van der Waals surface area contributed by atoms with E-state index in [-0.39, 0.29) is 0 Å². The molecule has 0 fully saturated rings. The van der Waals surface area contributed by atoms with E-state index in [1.807, 2.05) is 60.7 Å². The zero-order valence-corrected chi connectivity index (χ0v) is 44.1. The average Bonchev–Trinajstić information content (AvgIpc) is 3.65. The first-order valence-corrected chi connectivity index (χ1v) is 28.1. The van der Waals surface area contributed by atoms with E-state index in [0.717, 1.165) is 101 Å². The third-order valence-corrected chi connectivity index (χ3v) is 13.6. The first-order valence-electron chi connectivity index (χ1n) is 27.3. The molecule has 1 aliphatic rings. The van der Waals surface area contributed by atoms with Gasteiger partial charge in [0.1, 0.15) is 0 Å². The molecule has 0 N–H and O–H groups in total. The van der Waals surface area contributed by atoms with Crippen LogP contribution in [0.3, 0.4) is 0 Å². The number of unbranched alkanes of at least 4 members (excludes halogenated alkanes) is 18. The predicted molar refractivity (Wildman–Crippen MR) is 287 cm³/mol. The van der Waals surface area contributed by atoms with E-state index in [9.17, 15) is 5.53 Å². The second kappa shape index (κ2) is 37.0. The van der Waals surface area contributed by atoms with E-state index in [0.29, 0.717) is 13.2 Å². The van der Waals surface area contributed by atoms with Crippen molar-refractivity contribution in [3.63, 3.8) is 0 Å². The number of rotatable bonds is 36. The summed E-state index contributed by atoms with van der Waals surface area (Å²) in [6.45, 7) is 10.2. The standard InChI is InChI=1S/C49H76N2.2C7H7O.Ni/c1-5-9-13-14-15-16-17-18-19-20-21-22-23-24-25-26-27-29-33-43-34-30-31-36-45(43)49-47(37-28-10-6-2)46(35-12-8-4)48(51(49)50)44-40-38-42(39-41-44)32-11-7-3;2*8-6-7-4-2-1-3-5-7;/h25-26,30-31,34,36,38-41H,5-24,27-29,32-33,35,37H2,1-4H3;2*1-5H,6H2;/q;2*-1;+2. The number of hydrogen-bond donors (Lipinski definition) is 0. The van der Waals surface area contributed by atoms with Gasteiger partial charge < -0.3 is 5.53 Å². The van der Waals surface area contributed by atoms with Crippen molar-refractivity contribution in [3.05, 3.63) is 171 Å². The Morgan fingerprint density at radius 3 is 1.44 bits per heavy atom. The second-order valence-electron chi connectivity index (χ2n) is 18.9. The van der Waals surface area contributed by atoms with Crippen LogP contribution < -0.4 is 0 Å². The SMILES string of the molecule is CCCCCCCCCCCCCCCC=CCCCc1ccccc1C1=C(CCCCC)C(CCCC)=C(c2ccc(CCCC)cc2)[N+]1=[N-].c1ccc(C[O][Ni][O]Cc2ccccc2)cc1. The molecule has 5 rings (SSSR count). The molecule has 1 aliphatic heterocycles. The molecule has 4 aromatic rings. The summed E-state index contributed by atoms with van der Waals surface area (Å²) >= 11 is 0.863. The molecule has 1 heterocycles. The van der Waals surface area contributed by atoms with Gasteiger partial charge in [-0.25, -0.2) is 4.70 Å². The molecule has 68 heavy (non-hydrogen) atoms. The molecule has 374 valence electrons. The number of benzene rings is 4. The van der Waals surface area contributed by atoms with Gasteiger partial charge in [0, 0.05) is 22.3 Å². The molecule has 5 heteroatoms. The first-order chi connectivity index (χ1) is 33.6. The van der Waals surface area contributed by atoms with Crippen LogP contribution in [0.2, 0.25) is 0 Å². The Hall–Kier alpha value is -3.89. The number of nitrogens with zero attached hydrogens (tertiary/aromatic N) is 2. The van der Waals surface area contributed by atoms with Gasteiger partial charge in [0.05, 0.1) is 0 Å². The van der Waals surface area contributed by atoms with Crippen LogP contribution in [-0.2, 0) is 48.9 Å². The van der Waals surface area contributed by atoms with Gasteiger partial charge in [-0.15, -0.1) is 0 Å². The monoisotopic (exact) mass is 965 g/mol. The number of aryl methyl sites for hydroxylation is 2. The zero-order chi connectivity index (χ0) is 48.1. The second-order valence-corrected chi connectivity index (χ2v) is 19.6. The van der Waals surface area contributed by atoms with Crippen molar-refractivity contribution in [2.24, 2.45) is 0 Å². The molecule has 0 saturated heterocycles. The van der Waals surface area contributed by atoms with Gasteiger partial charge in [0.2, 0.25) is 11.4 Å². The van der Waals surface area contributed by atoms with E-state index in [2.05, 4.69) is 88.4 Å². The van der Waals surface area contributed by atoms with Crippen LogP contribution >= 0.6 is 0 Å². The van der Waals surface area contributed by atoms with Crippen molar-refractivity contribution >= 4 is 11.4 Å². The molecule has 0 bridgehead atoms. The van der Waals surface area contributed by atoms with Crippen molar-refractivity contribution in [1.82, 2.24) is 0 Å². The van der Waals surface area contributed by atoms with E-state index in [4.69, 9.17) is 7.76 Å². The van der Waals surface area contributed by atoms with Gasteiger partial charge in [-0.3, -0.25) is 0 Å². The van der Waals surface area contributed by atoms with E-state index in [1.54, 1.807) is 4.70 Å². The van der Waals surface area contributed by atoms with Crippen molar-refractivity contribution in [1.29, 1.82) is 0 Å². The molecule has 0 atom stereocenters. The van der Waals surface area contributed by atoms with E-state index >= 15 is 0 Å². The summed E-state index contributed by atoms with van der Waals surface area (Å²) in [6, 6.07) is 38.0. The quantitative estimate of drug-likeness (QED) is 0.0197. The average molecular weight is 966 g/mol. The Balaban J connectivity index is 0.000000493. The minimum absolute atomic E-state index is 0.565. The van der Waals surface area contributed by atoms with Crippen molar-refractivity contribution in [3.8, 4) is 0 Å². The summed E-state index contributed by atoms with van der Waals surface area (Å²) in [6.07, 6.45) is 39.2. The third-order valence-electron chi connectivity index (χ3n) is 13.1. The fourth-order valence-corrected chi connectivity index (χ4v) is 9.62. The van der Waals surface area contributed by atoms with Crippen LogP contribution in [-0.4, -0.2) is 4.70 Å². The Kier molecular flexibility index (Phi) is 30.9. The zero-order valence-electron chi connectivity index (χ0n) is 43.1. The van der Waals surface area contributed by atoms with Gasteiger partial charge in [0.15, 0.2) is 0 Å². The van der Waals surface area contributed by atoms with Crippen LogP contribution in [0.15, 0.2) is 132 Å². The Morgan fingerprint density at radius 2 is 0.868 bits per heavy atom. The maximum absolute atomic E-state index is 12.1. The van der Waals surface area contributed by atoms with Crippen LogP contribution in [0.25, 0.3) is 16.9 Å². The molecule has 0 spiro atoms. The molecule has 0 radical (unpaired) electrons. The van der Waals surface area contributed by atoms with Gasteiger partial charge in [-0.2, -0.15) is 0 Å². The van der Waals surface area contributed by atoms with Gasteiger partial charge >= 0.3 is 108 Å². The number of allylic oxidation sites excluding steroid dienone is 4.